The summed E-state index contributed by atoms with van der Waals surface area (Å²) in [6, 6.07) is 8.65. The lowest BCUT2D eigenvalue weighted by molar-refractivity contribution is -0.137. The number of carboxylic acids is 1. The Kier molecular flexibility index (Phi) is 10.4. The van der Waals surface area contributed by atoms with E-state index in [9.17, 15) is 19.2 Å². The fourth-order valence-corrected chi connectivity index (χ4v) is 3.40. The average molecular weight is 487 g/mol. The third-order valence-electron chi connectivity index (χ3n) is 5.35. The van der Waals surface area contributed by atoms with Crippen LogP contribution in [0.2, 0.25) is 0 Å². The molecule has 0 aliphatic rings. The molecule has 190 valence electrons. The van der Waals surface area contributed by atoms with Crippen LogP contribution in [-0.4, -0.2) is 45.2 Å². The lowest BCUT2D eigenvalue weighted by Gasteiger charge is -2.20. The van der Waals surface area contributed by atoms with Gasteiger partial charge in [-0.25, -0.2) is 0 Å². The molecule has 3 N–H and O–H groups in total. The Morgan fingerprint density at radius 2 is 1.80 bits per heavy atom. The highest BCUT2D eigenvalue weighted by molar-refractivity contribution is 5.87. The van der Waals surface area contributed by atoms with Gasteiger partial charge < -0.3 is 20.6 Å². The number of rotatable bonds is 13. The molecule has 10 heteroatoms. The van der Waals surface area contributed by atoms with Crippen molar-refractivity contribution in [3.8, 4) is 0 Å². The van der Waals surface area contributed by atoms with Crippen LogP contribution in [-0.2, 0) is 27.4 Å². The van der Waals surface area contributed by atoms with Crippen LogP contribution in [0.1, 0.15) is 55.8 Å². The normalized spacial score (nSPS) is 11.7. The molecule has 0 aliphatic carbocycles. The summed E-state index contributed by atoms with van der Waals surface area (Å²) >= 11 is 0. The van der Waals surface area contributed by atoms with Gasteiger partial charge in [0.1, 0.15) is 18.3 Å². The van der Waals surface area contributed by atoms with Gasteiger partial charge >= 0.3 is 11.5 Å². The van der Waals surface area contributed by atoms with Gasteiger partial charge in [0.15, 0.2) is 0 Å². The zero-order chi connectivity index (χ0) is 26.0. The zero-order valence-electron chi connectivity index (χ0n) is 20.7. The number of carbonyl (C=O) groups excluding carboxylic acids is 2. The second kappa shape index (κ2) is 13.3. The van der Waals surface area contributed by atoms with Crippen LogP contribution in [0.15, 0.2) is 35.1 Å². The van der Waals surface area contributed by atoms with Crippen LogP contribution in [0.25, 0.3) is 0 Å². The van der Waals surface area contributed by atoms with Crippen LogP contribution in [0.5, 0.6) is 0 Å². The van der Waals surface area contributed by atoms with Crippen LogP contribution in [0, 0.1) is 19.8 Å². The molecule has 0 radical (unpaired) electrons. The van der Waals surface area contributed by atoms with E-state index in [1.807, 2.05) is 44.2 Å². The van der Waals surface area contributed by atoms with Crippen molar-refractivity contribution >= 4 is 17.8 Å². The summed E-state index contributed by atoms with van der Waals surface area (Å²) in [7, 11) is 0. The van der Waals surface area contributed by atoms with E-state index >= 15 is 0 Å². The first-order valence-corrected chi connectivity index (χ1v) is 11.6. The highest BCUT2D eigenvalue weighted by Crippen LogP contribution is 2.08. The minimum absolute atomic E-state index is 0.0201. The Hall–Kier alpha value is -3.69. The van der Waals surface area contributed by atoms with Gasteiger partial charge in [0.25, 0.3) is 0 Å². The number of hydrogen-bond acceptors (Lipinski definition) is 6. The predicted octanol–water partition coefficient (Wildman–Crippen LogP) is 1.54. The number of carboxylic acid groups (broad SMARTS) is 1. The average Bonchev–Trinajstić information content (AvgIpc) is 2.80. The van der Waals surface area contributed by atoms with Crippen molar-refractivity contribution in [2.45, 2.75) is 66.0 Å². The lowest BCUT2D eigenvalue weighted by atomic mass is 10.0. The summed E-state index contributed by atoms with van der Waals surface area (Å²) in [5, 5.41) is 14.0. The monoisotopic (exact) mass is 486 g/mol. The fraction of sp³-hybridized carbons (Fsp3) is 0.480. The topological polar surface area (TPSA) is 140 Å². The smallest absolute Gasteiger partial charge is 0.305 e. The molecule has 0 aliphatic heterocycles. The molecule has 2 amide bonds. The van der Waals surface area contributed by atoms with Crippen LogP contribution in [0.4, 0.5) is 0 Å². The van der Waals surface area contributed by atoms with Gasteiger partial charge in [-0.2, -0.15) is 0 Å². The van der Waals surface area contributed by atoms with Gasteiger partial charge in [-0.05, 0) is 31.7 Å². The van der Waals surface area contributed by atoms with Crippen molar-refractivity contribution in [2.75, 3.05) is 6.54 Å². The molecule has 0 unspecified atom stereocenters. The standard InChI is InChI=1S/C25H34N4O6/c1-16(2)14-21(24(33)26-13-12-23(31)32)28-22(30)11-10-20-25(34)29(18(4)17(3)27-20)35-15-19-8-6-5-7-9-19/h5-9,16,21H,10-15H2,1-4H3,(H,26,33)(H,28,30)(H,31,32)/t21-/m0/s1. The Balaban J connectivity index is 2.04. The fourth-order valence-electron chi connectivity index (χ4n) is 3.40. The molecular formula is C25H34N4O6. The first kappa shape index (κ1) is 27.6. The van der Waals surface area contributed by atoms with E-state index in [-0.39, 0.29) is 44.0 Å². The number of nitrogens with zero attached hydrogens (tertiary/aromatic N) is 2. The molecule has 1 heterocycles. The quantitative estimate of drug-likeness (QED) is 0.390. The van der Waals surface area contributed by atoms with E-state index < -0.39 is 29.4 Å². The van der Waals surface area contributed by atoms with E-state index in [0.29, 0.717) is 17.8 Å². The largest absolute Gasteiger partial charge is 0.481 e. The molecule has 0 bridgehead atoms. The Morgan fingerprint density at radius 3 is 2.43 bits per heavy atom. The van der Waals surface area contributed by atoms with E-state index in [1.165, 1.54) is 4.73 Å². The van der Waals surface area contributed by atoms with Gasteiger partial charge in [-0.15, -0.1) is 4.73 Å². The lowest BCUT2D eigenvalue weighted by Crippen LogP contribution is -2.48. The summed E-state index contributed by atoms with van der Waals surface area (Å²) in [5.74, 6) is -1.73. The second-order valence-corrected chi connectivity index (χ2v) is 8.77. The van der Waals surface area contributed by atoms with Crippen LogP contribution in [0.3, 0.4) is 0 Å². The van der Waals surface area contributed by atoms with Crippen molar-refractivity contribution in [1.82, 2.24) is 20.3 Å². The van der Waals surface area contributed by atoms with E-state index in [0.717, 1.165) is 5.56 Å². The van der Waals surface area contributed by atoms with Crippen molar-refractivity contribution in [2.24, 2.45) is 5.92 Å². The number of aromatic nitrogens is 2. The number of aryl methyl sites for hydroxylation is 2. The Labute approximate surface area is 204 Å². The summed E-state index contributed by atoms with van der Waals surface area (Å²) in [5.41, 5.74) is 1.87. The van der Waals surface area contributed by atoms with E-state index in [2.05, 4.69) is 15.6 Å². The van der Waals surface area contributed by atoms with Crippen molar-refractivity contribution in [3.05, 3.63) is 63.3 Å². The van der Waals surface area contributed by atoms with Gasteiger partial charge in [0, 0.05) is 19.4 Å². The second-order valence-electron chi connectivity index (χ2n) is 8.77. The van der Waals surface area contributed by atoms with Gasteiger partial charge in [0.2, 0.25) is 11.8 Å². The first-order chi connectivity index (χ1) is 16.6. The van der Waals surface area contributed by atoms with Gasteiger partial charge in [-0.3, -0.25) is 24.2 Å². The summed E-state index contributed by atoms with van der Waals surface area (Å²) in [4.78, 5) is 58.8. The predicted molar refractivity (Wildman–Crippen MR) is 130 cm³/mol. The maximum atomic E-state index is 13.0. The summed E-state index contributed by atoms with van der Waals surface area (Å²) < 4.78 is 1.21. The van der Waals surface area contributed by atoms with Gasteiger partial charge in [-0.1, -0.05) is 44.2 Å². The zero-order valence-corrected chi connectivity index (χ0v) is 20.7. The molecule has 1 aromatic heterocycles. The molecule has 1 aromatic carbocycles. The number of benzene rings is 1. The molecular weight excluding hydrogens is 452 g/mol. The number of aliphatic carboxylic acids is 1. The third kappa shape index (κ3) is 8.88. The molecule has 0 saturated carbocycles. The van der Waals surface area contributed by atoms with Crippen molar-refractivity contribution < 1.29 is 24.3 Å². The highest BCUT2D eigenvalue weighted by atomic mass is 16.7. The Bertz CT molecular complexity index is 1080. The molecule has 2 aromatic rings. The molecule has 35 heavy (non-hydrogen) atoms. The minimum Gasteiger partial charge on any atom is -0.481 e. The first-order valence-electron chi connectivity index (χ1n) is 11.6. The van der Waals surface area contributed by atoms with Crippen molar-refractivity contribution in [1.29, 1.82) is 0 Å². The van der Waals surface area contributed by atoms with E-state index in [1.54, 1.807) is 13.8 Å². The molecule has 1 atom stereocenters. The number of hydrogen-bond donors (Lipinski definition) is 3. The molecule has 2 rings (SSSR count). The maximum Gasteiger partial charge on any atom is 0.305 e. The summed E-state index contributed by atoms with van der Waals surface area (Å²) in [6.45, 7) is 7.53. The molecule has 0 spiro atoms. The maximum absolute atomic E-state index is 13.0. The van der Waals surface area contributed by atoms with Crippen molar-refractivity contribution in [3.63, 3.8) is 0 Å². The minimum atomic E-state index is -1.02. The van der Waals surface area contributed by atoms with Crippen LogP contribution >= 0.6 is 0 Å². The highest BCUT2D eigenvalue weighted by Gasteiger charge is 2.22. The number of nitrogens with one attached hydrogen (secondary N) is 2. The third-order valence-corrected chi connectivity index (χ3v) is 5.35. The Morgan fingerprint density at radius 1 is 1.11 bits per heavy atom. The van der Waals surface area contributed by atoms with Crippen LogP contribution < -0.4 is 21.0 Å². The summed E-state index contributed by atoms with van der Waals surface area (Å²) in [6.07, 6.45) is 0.230. The molecule has 0 saturated heterocycles. The molecule has 0 fully saturated rings. The number of carbonyl (C=O) groups is 3. The van der Waals surface area contributed by atoms with Gasteiger partial charge in [0.05, 0.1) is 17.8 Å². The molecule has 10 nitrogen and oxygen atoms in total. The van der Waals surface area contributed by atoms with E-state index in [4.69, 9.17) is 9.94 Å². The SMILES string of the molecule is Cc1nc(CCC(=O)N[C@@H](CC(C)C)C(=O)NCCC(=O)O)c(=O)n(OCc2ccccc2)c1C. The number of amides is 2.